The molecule has 0 amide bonds. The summed E-state index contributed by atoms with van der Waals surface area (Å²) in [6.07, 6.45) is 0. The Morgan fingerprint density at radius 2 is 1.82 bits per heavy atom. The standard InChI is InChI=1S/C10H7F2N3OS/c11-4-2-1-3-5(12)6(4)7(16)8-9(13)15-10(14)17-8/h1-3H,13H2,(H2,14,15). The monoisotopic (exact) mass is 255 g/mol. The van der Waals surface area contributed by atoms with E-state index >= 15 is 0 Å². The van der Waals surface area contributed by atoms with E-state index in [1.165, 1.54) is 6.07 Å². The lowest BCUT2D eigenvalue weighted by molar-refractivity contribution is 0.103. The van der Waals surface area contributed by atoms with Gasteiger partial charge >= 0.3 is 0 Å². The number of nitrogens with zero attached hydrogens (tertiary/aromatic N) is 1. The summed E-state index contributed by atoms with van der Waals surface area (Å²) in [5.74, 6) is -2.87. The molecule has 0 bridgehead atoms. The third kappa shape index (κ3) is 1.96. The Morgan fingerprint density at radius 1 is 1.24 bits per heavy atom. The van der Waals surface area contributed by atoms with E-state index in [0.29, 0.717) is 0 Å². The van der Waals surface area contributed by atoms with Gasteiger partial charge in [0.2, 0.25) is 5.78 Å². The van der Waals surface area contributed by atoms with Crippen molar-refractivity contribution in [3.63, 3.8) is 0 Å². The summed E-state index contributed by atoms with van der Waals surface area (Å²) >= 11 is 0.793. The molecule has 2 aromatic rings. The van der Waals surface area contributed by atoms with E-state index in [2.05, 4.69) is 4.98 Å². The Hall–Kier alpha value is -2.02. The van der Waals surface area contributed by atoms with Crippen LogP contribution in [0.15, 0.2) is 18.2 Å². The molecule has 1 heterocycles. The molecule has 0 unspecified atom stereocenters. The molecule has 17 heavy (non-hydrogen) atoms. The second kappa shape index (κ2) is 4.10. The molecular weight excluding hydrogens is 248 g/mol. The molecule has 7 heteroatoms. The van der Waals surface area contributed by atoms with E-state index in [-0.39, 0.29) is 15.8 Å². The zero-order valence-corrected chi connectivity index (χ0v) is 9.22. The van der Waals surface area contributed by atoms with Crippen molar-refractivity contribution in [2.45, 2.75) is 0 Å². The van der Waals surface area contributed by atoms with E-state index in [0.717, 1.165) is 23.5 Å². The van der Waals surface area contributed by atoms with Crippen LogP contribution in [0.2, 0.25) is 0 Å². The van der Waals surface area contributed by atoms with E-state index < -0.39 is 23.0 Å². The zero-order valence-electron chi connectivity index (χ0n) is 8.41. The number of benzene rings is 1. The average Bonchev–Trinajstić information content (AvgIpc) is 2.57. The van der Waals surface area contributed by atoms with Crippen molar-refractivity contribution in [2.24, 2.45) is 0 Å². The Balaban J connectivity index is 2.55. The van der Waals surface area contributed by atoms with Gasteiger partial charge in [0.25, 0.3) is 0 Å². The number of hydrogen-bond donors (Lipinski definition) is 2. The third-order valence-electron chi connectivity index (χ3n) is 2.07. The van der Waals surface area contributed by atoms with Crippen LogP contribution in [0.25, 0.3) is 0 Å². The molecule has 2 rings (SSSR count). The predicted molar refractivity (Wildman–Crippen MR) is 60.7 cm³/mol. The number of carbonyl (C=O) groups is 1. The molecule has 0 atom stereocenters. The van der Waals surface area contributed by atoms with Gasteiger partial charge in [0.1, 0.15) is 22.3 Å². The van der Waals surface area contributed by atoms with Crippen LogP contribution in [-0.2, 0) is 0 Å². The molecule has 4 N–H and O–H groups in total. The first-order valence-electron chi connectivity index (χ1n) is 4.51. The normalized spacial score (nSPS) is 10.5. The number of aromatic nitrogens is 1. The summed E-state index contributed by atoms with van der Waals surface area (Å²) in [7, 11) is 0. The zero-order chi connectivity index (χ0) is 12.6. The van der Waals surface area contributed by atoms with Crippen molar-refractivity contribution in [1.29, 1.82) is 0 Å². The summed E-state index contributed by atoms with van der Waals surface area (Å²) in [4.78, 5) is 15.4. The summed E-state index contributed by atoms with van der Waals surface area (Å²) in [5.41, 5.74) is 10.1. The van der Waals surface area contributed by atoms with Crippen LogP contribution in [0, 0.1) is 11.6 Å². The maximum atomic E-state index is 13.4. The van der Waals surface area contributed by atoms with Crippen molar-refractivity contribution in [2.75, 3.05) is 11.5 Å². The van der Waals surface area contributed by atoms with E-state index in [1.807, 2.05) is 0 Å². The Kier molecular flexibility index (Phi) is 2.76. The number of nitrogens with two attached hydrogens (primary N) is 2. The molecule has 0 spiro atoms. The summed E-state index contributed by atoms with van der Waals surface area (Å²) in [6, 6.07) is 3.17. The first-order chi connectivity index (χ1) is 8.00. The Bertz CT molecular complexity index is 577. The van der Waals surface area contributed by atoms with Gasteiger partial charge in [-0.25, -0.2) is 13.8 Å². The van der Waals surface area contributed by atoms with Gasteiger partial charge in [-0.2, -0.15) is 0 Å². The fraction of sp³-hybridized carbons (Fsp3) is 0. The van der Waals surface area contributed by atoms with Gasteiger partial charge in [0, 0.05) is 0 Å². The van der Waals surface area contributed by atoms with Gasteiger partial charge in [-0.3, -0.25) is 4.79 Å². The maximum absolute atomic E-state index is 13.4. The molecule has 0 saturated carbocycles. The van der Waals surface area contributed by atoms with Crippen LogP contribution in [-0.4, -0.2) is 10.8 Å². The summed E-state index contributed by atoms with van der Waals surface area (Å²) in [6.45, 7) is 0. The third-order valence-corrected chi connectivity index (χ3v) is 2.97. The molecule has 1 aromatic heterocycles. The van der Waals surface area contributed by atoms with Crippen LogP contribution in [0.5, 0.6) is 0 Å². The van der Waals surface area contributed by atoms with Crippen LogP contribution < -0.4 is 11.5 Å². The van der Waals surface area contributed by atoms with Crippen LogP contribution in [0.1, 0.15) is 15.2 Å². The van der Waals surface area contributed by atoms with Crippen molar-refractivity contribution < 1.29 is 13.6 Å². The topological polar surface area (TPSA) is 82.0 Å². The molecule has 1 aromatic carbocycles. The molecule has 0 aliphatic rings. The lowest BCUT2D eigenvalue weighted by Gasteiger charge is -2.02. The highest BCUT2D eigenvalue weighted by Gasteiger charge is 2.23. The molecule has 0 aliphatic carbocycles. The maximum Gasteiger partial charge on any atom is 0.212 e. The minimum atomic E-state index is -0.943. The number of rotatable bonds is 2. The molecule has 0 saturated heterocycles. The molecule has 0 radical (unpaired) electrons. The highest BCUT2D eigenvalue weighted by Crippen LogP contribution is 2.27. The van der Waals surface area contributed by atoms with Gasteiger partial charge in [-0.1, -0.05) is 17.4 Å². The van der Waals surface area contributed by atoms with E-state index in [1.54, 1.807) is 0 Å². The number of hydrogen-bond acceptors (Lipinski definition) is 5. The van der Waals surface area contributed by atoms with Gasteiger partial charge in [-0.15, -0.1) is 0 Å². The number of thiazole rings is 1. The average molecular weight is 255 g/mol. The molecular formula is C10H7F2N3OS. The summed E-state index contributed by atoms with van der Waals surface area (Å²) < 4.78 is 26.8. The Labute approximate surface area is 98.9 Å². The second-order valence-electron chi connectivity index (χ2n) is 3.19. The molecule has 4 nitrogen and oxygen atoms in total. The predicted octanol–water partition coefficient (Wildman–Crippen LogP) is 1.82. The SMILES string of the molecule is Nc1nc(N)c(C(=O)c2c(F)cccc2F)s1. The van der Waals surface area contributed by atoms with Gasteiger partial charge in [-0.05, 0) is 12.1 Å². The van der Waals surface area contributed by atoms with Crippen LogP contribution >= 0.6 is 11.3 Å². The lowest BCUT2D eigenvalue weighted by atomic mass is 10.1. The largest absolute Gasteiger partial charge is 0.382 e. The highest BCUT2D eigenvalue weighted by atomic mass is 32.1. The van der Waals surface area contributed by atoms with Crippen molar-refractivity contribution >= 4 is 28.1 Å². The van der Waals surface area contributed by atoms with Crippen molar-refractivity contribution in [3.05, 3.63) is 40.3 Å². The van der Waals surface area contributed by atoms with Gasteiger partial charge in [0.15, 0.2) is 5.13 Å². The molecule has 88 valence electrons. The minimum absolute atomic E-state index is 0.0634. The van der Waals surface area contributed by atoms with Crippen molar-refractivity contribution in [3.8, 4) is 0 Å². The number of halogens is 2. The van der Waals surface area contributed by atoms with E-state index in [9.17, 15) is 13.6 Å². The number of carbonyl (C=O) groups excluding carboxylic acids is 1. The first kappa shape index (κ1) is 11.5. The van der Waals surface area contributed by atoms with Crippen LogP contribution in [0.4, 0.5) is 19.7 Å². The summed E-state index contributed by atoms with van der Waals surface area (Å²) in [5, 5.41) is 0.0718. The molecule has 0 aliphatic heterocycles. The van der Waals surface area contributed by atoms with Crippen LogP contribution in [0.3, 0.4) is 0 Å². The lowest BCUT2D eigenvalue weighted by Crippen LogP contribution is -2.07. The van der Waals surface area contributed by atoms with Gasteiger partial charge < -0.3 is 11.5 Å². The number of ketones is 1. The quantitative estimate of drug-likeness (QED) is 0.802. The van der Waals surface area contributed by atoms with E-state index in [4.69, 9.17) is 11.5 Å². The number of anilines is 2. The van der Waals surface area contributed by atoms with Crippen molar-refractivity contribution in [1.82, 2.24) is 4.98 Å². The second-order valence-corrected chi connectivity index (χ2v) is 4.22. The Morgan fingerprint density at radius 3 is 2.29 bits per heavy atom. The van der Waals surface area contributed by atoms with Gasteiger partial charge in [0.05, 0.1) is 5.56 Å². The fourth-order valence-electron chi connectivity index (χ4n) is 1.34. The first-order valence-corrected chi connectivity index (χ1v) is 5.33. The minimum Gasteiger partial charge on any atom is -0.382 e. The molecule has 0 fully saturated rings. The fourth-order valence-corrected chi connectivity index (χ4v) is 2.04. The smallest absolute Gasteiger partial charge is 0.212 e. The number of nitrogen functional groups attached to an aromatic ring is 2. The highest BCUT2D eigenvalue weighted by molar-refractivity contribution is 7.18.